The summed E-state index contributed by atoms with van der Waals surface area (Å²) in [5, 5.41) is 5.87. The van der Waals surface area contributed by atoms with E-state index in [1.54, 1.807) is 30.5 Å². The summed E-state index contributed by atoms with van der Waals surface area (Å²) in [6.45, 7) is 0.751. The van der Waals surface area contributed by atoms with Crippen molar-refractivity contribution in [2.45, 2.75) is 6.54 Å². The maximum absolute atomic E-state index is 12.5. The maximum Gasteiger partial charge on any atom is 0.307 e. The molecule has 0 spiro atoms. The number of aromatic nitrogens is 1. The molecule has 0 fully saturated rings. The van der Waals surface area contributed by atoms with Crippen LogP contribution in [0, 0.1) is 0 Å². The van der Waals surface area contributed by atoms with Crippen LogP contribution < -0.4 is 5.43 Å². The van der Waals surface area contributed by atoms with E-state index >= 15 is 0 Å². The van der Waals surface area contributed by atoms with Gasteiger partial charge in [-0.3, -0.25) is 4.79 Å². The number of carbonyl (C=O) groups excluding carboxylic acids is 1. The van der Waals surface area contributed by atoms with Crippen molar-refractivity contribution >= 4 is 34.6 Å². The van der Waals surface area contributed by atoms with Crippen molar-refractivity contribution in [2.75, 3.05) is 0 Å². The molecule has 5 rings (SSSR count). The molecule has 0 aliphatic carbocycles. The minimum atomic E-state index is -0.417. The summed E-state index contributed by atoms with van der Waals surface area (Å²) in [6, 6.07) is 29.0. The van der Waals surface area contributed by atoms with E-state index < -0.39 is 5.91 Å². The first-order valence-electron chi connectivity index (χ1n) is 10.5. The number of benzene rings is 3. The van der Waals surface area contributed by atoms with Crippen LogP contribution in [0.2, 0.25) is 5.02 Å². The van der Waals surface area contributed by atoms with Gasteiger partial charge in [-0.2, -0.15) is 5.10 Å². The Balaban J connectivity index is 1.32. The van der Waals surface area contributed by atoms with Gasteiger partial charge in [-0.05, 0) is 48.0 Å². The molecule has 0 aliphatic rings. The third-order valence-electron chi connectivity index (χ3n) is 5.34. The number of rotatable bonds is 6. The van der Waals surface area contributed by atoms with Gasteiger partial charge in [-0.1, -0.05) is 60.1 Å². The van der Waals surface area contributed by atoms with Gasteiger partial charge in [0, 0.05) is 39.8 Å². The van der Waals surface area contributed by atoms with Crippen LogP contribution in [0.15, 0.2) is 107 Å². The molecule has 0 saturated carbocycles. The van der Waals surface area contributed by atoms with Gasteiger partial charge in [0.2, 0.25) is 0 Å². The van der Waals surface area contributed by atoms with E-state index in [0.717, 1.165) is 28.6 Å². The van der Waals surface area contributed by atoms with Gasteiger partial charge in [0.15, 0.2) is 5.76 Å². The molecule has 1 amide bonds. The molecule has 0 radical (unpaired) electrons. The Bertz CT molecular complexity index is 1430. The SMILES string of the molecule is O=C(NN=Cc1cn(Cc2ccccc2)c2ccccc12)c1ccc(-c2ccc(Cl)cc2)o1. The molecule has 2 heterocycles. The molecule has 1 N–H and O–H groups in total. The molecule has 6 heteroatoms. The molecule has 5 nitrogen and oxygen atoms in total. The van der Waals surface area contributed by atoms with E-state index in [1.807, 2.05) is 54.7 Å². The van der Waals surface area contributed by atoms with Crippen molar-refractivity contribution in [3.8, 4) is 11.3 Å². The number of nitrogens with one attached hydrogen (secondary N) is 1. The minimum absolute atomic E-state index is 0.184. The number of nitrogens with zero attached hydrogens (tertiary/aromatic N) is 2. The minimum Gasteiger partial charge on any atom is -0.451 e. The number of para-hydroxylation sites is 1. The maximum atomic E-state index is 12.5. The Morgan fingerprint density at radius 3 is 2.52 bits per heavy atom. The van der Waals surface area contributed by atoms with E-state index in [9.17, 15) is 4.79 Å². The van der Waals surface area contributed by atoms with Crippen molar-refractivity contribution in [2.24, 2.45) is 5.10 Å². The highest BCUT2D eigenvalue weighted by Crippen LogP contribution is 2.24. The summed E-state index contributed by atoms with van der Waals surface area (Å²) in [5.74, 6) is 0.355. The number of carbonyl (C=O) groups is 1. The highest BCUT2D eigenvalue weighted by atomic mass is 35.5. The van der Waals surface area contributed by atoms with Crippen molar-refractivity contribution < 1.29 is 9.21 Å². The highest BCUT2D eigenvalue weighted by molar-refractivity contribution is 6.30. The Labute approximate surface area is 195 Å². The summed E-state index contributed by atoms with van der Waals surface area (Å²) in [7, 11) is 0. The van der Waals surface area contributed by atoms with Crippen LogP contribution >= 0.6 is 11.6 Å². The molecule has 0 unspecified atom stereocenters. The van der Waals surface area contributed by atoms with Gasteiger partial charge in [0.05, 0.1) is 6.21 Å². The van der Waals surface area contributed by atoms with Gasteiger partial charge >= 0.3 is 5.91 Å². The van der Waals surface area contributed by atoms with Crippen molar-refractivity contribution in [3.63, 3.8) is 0 Å². The Hall–Kier alpha value is -4.09. The fraction of sp³-hybridized carbons (Fsp3) is 0.0370. The van der Waals surface area contributed by atoms with Crippen LogP contribution in [0.3, 0.4) is 0 Å². The Morgan fingerprint density at radius 1 is 0.939 bits per heavy atom. The fourth-order valence-electron chi connectivity index (χ4n) is 3.73. The molecule has 33 heavy (non-hydrogen) atoms. The van der Waals surface area contributed by atoms with Gasteiger partial charge in [-0.25, -0.2) is 5.43 Å². The Morgan fingerprint density at radius 2 is 1.70 bits per heavy atom. The van der Waals surface area contributed by atoms with E-state index in [2.05, 4.69) is 33.3 Å². The lowest BCUT2D eigenvalue weighted by Gasteiger charge is -2.05. The second kappa shape index (κ2) is 9.18. The van der Waals surface area contributed by atoms with Crippen LogP contribution in [0.1, 0.15) is 21.7 Å². The predicted molar refractivity (Wildman–Crippen MR) is 132 cm³/mol. The lowest BCUT2D eigenvalue weighted by Crippen LogP contribution is -2.16. The third kappa shape index (κ3) is 4.59. The zero-order valence-electron chi connectivity index (χ0n) is 17.6. The van der Waals surface area contributed by atoms with Crippen LogP contribution in [0.25, 0.3) is 22.2 Å². The second-order valence-corrected chi connectivity index (χ2v) is 8.02. The van der Waals surface area contributed by atoms with Gasteiger partial charge in [0.1, 0.15) is 5.76 Å². The molecule has 3 aromatic carbocycles. The fourth-order valence-corrected chi connectivity index (χ4v) is 3.86. The number of furan rings is 1. The zero-order valence-corrected chi connectivity index (χ0v) is 18.4. The summed E-state index contributed by atoms with van der Waals surface area (Å²) in [4.78, 5) is 12.5. The topological polar surface area (TPSA) is 59.5 Å². The van der Waals surface area contributed by atoms with Crippen molar-refractivity contribution in [1.29, 1.82) is 0 Å². The number of fused-ring (bicyclic) bond motifs is 1. The zero-order chi connectivity index (χ0) is 22.6. The van der Waals surface area contributed by atoms with E-state index in [-0.39, 0.29) is 5.76 Å². The lowest BCUT2D eigenvalue weighted by atomic mass is 10.2. The number of hydrazone groups is 1. The number of halogens is 1. The van der Waals surface area contributed by atoms with Crippen LogP contribution in [0.4, 0.5) is 0 Å². The van der Waals surface area contributed by atoms with Gasteiger partial charge < -0.3 is 8.98 Å². The largest absolute Gasteiger partial charge is 0.451 e. The summed E-state index contributed by atoms with van der Waals surface area (Å²) in [6.07, 6.45) is 3.70. The molecular formula is C27H20ClN3O2. The van der Waals surface area contributed by atoms with E-state index in [4.69, 9.17) is 16.0 Å². The summed E-state index contributed by atoms with van der Waals surface area (Å²) in [5.41, 5.74) is 6.63. The van der Waals surface area contributed by atoms with Crippen LogP contribution in [-0.4, -0.2) is 16.7 Å². The molecule has 2 aromatic heterocycles. The molecule has 162 valence electrons. The average Bonchev–Trinajstić information content (AvgIpc) is 3.47. The smallest absolute Gasteiger partial charge is 0.307 e. The van der Waals surface area contributed by atoms with Gasteiger partial charge in [0.25, 0.3) is 0 Å². The van der Waals surface area contributed by atoms with Crippen LogP contribution in [0.5, 0.6) is 0 Å². The van der Waals surface area contributed by atoms with Crippen molar-refractivity contribution in [1.82, 2.24) is 9.99 Å². The van der Waals surface area contributed by atoms with E-state index in [0.29, 0.717) is 10.8 Å². The molecule has 5 aromatic rings. The monoisotopic (exact) mass is 453 g/mol. The normalized spacial score (nSPS) is 11.3. The molecule has 0 bridgehead atoms. The molecule has 0 saturated heterocycles. The third-order valence-corrected chi connectivity index (χ3v) is 5.60. The lowest BCUT2D eigenvalue weighted by molar-refractivity contribution is 0.0928. The number of hydrogen-bond donors (Lipinski definition) is 1. The predicted octanol–water partition coefficient (Wildman–Crippen LogP) is 6.37. The standard InChI is InChI=1S/C27H20ClN3O2/c28-22-12-10-20(11-13-22)25-14-15-26(33-25)27(32)30-29-16-21-18-31(17-19-6-2-1-3-7-19)24-9-5-4-8-23(21)24/h1-16,18H,17H2,(H,30,32). The van der Waals surface area contributed by atoms with Crippen molar-refractivity contribution in [3.05, 3.63) is 119 Å². The van der Waals surface area contributed by atoms with Crippen LogP contribution in [-0.2, 0) is 6.54 Å². The Kier molecular flexibility index (Phi) is 5.79. The molecule has 0 atom stereocenters. The first-order valence-corrected chi connectivity index (χ1v) is 10.9. The quantitative estimate of drug-likeness (QED) is 0.240. The first-order chi connectivity index (χ1) is 16.2. The second-order valence-electron chi connectivity index (χ2n) is 7.59. The number of amides is 1. The average molecular weight is 454 g/mol. The summed E-state index contributed by atoms with van der Waals surface area (Å²) < 4.78 is 7.86. The molecule has 0 aliphatic heterocycles. The molecular weight excluding hydrogens is 434 g/mol. The highest BCUT2D eigenvalue weighted by Gasteiger charge is 2.12. The van der Waals surface area contributed by atoms with Gasteiger partial charge in [-0.15, -0.1) is 0 Å². The summed E-state index contributed by atoms with van der Waals surface area (Å²) >= 11 is 5.93. The number of hydrogen-bond acceptors (Lipinski definition) is 3. The van der Waals surface area contributed by atoms with E-state index in [1.165, 1.54) is 5.56 Å². The first kappa shape index (κ1) is 20.8.